The maximum atomic E-state index is 6.06. The molecule has 0 aliphatic carbocycles. The van der Waals surface area contributed by atoms with Crippen molar-refractivity contribution in [3.63, 3.8) is 0 Å². The van der Waals surface area contributed by atoms with Crippen molar-refractivity contribution in [2.75, 3.05) is 46.5 Å². The number of rotatable bonds is 4. The van der Waals surface area contributed by atoms with Crippen molar-refractivity contribution >= 4 is 5.96 Å². The van der Waals surface area contributed by atoms with Crippen LogP contribution in [0.3, 0.4) is 0 Å². The summed E-state index contributed by atoms with van der Waals surface area (Å²) in [5, 5.41) is 3.52. The fraction of sp³-hybridized carbons (Fsp3) is 0.571. The number of ether oxygens (including phenoxy) is 2. The summed E-state index contributed by atoms with van der Waals surface area (Å²) in [6.07, 6.45) is 4.40. The Kier molecular flexibility index (Phi) is 6.69. The first kappa shape index (κ1) is 18.9. The summed E-state index contributed by atoms with van der Waals surface area (Å²) in [4.78, 5) is 6.80. The van der Waals surface area contributed by atoms with E-state index in [9.17, 15) is 0 Å². The highest BCUT2D eigenvalue weighted by atomic mass is 16.5. The molecule has 26 heavy (non-hydrogen) atoms. The van der Waals surface area contributed by atoms with Crippen molar-refractivity contribution in [2.45, 2.75) is 32.8 Å². The Balaban J connectivity index is 1.57. The highest BCUT2D eigenvalue weighted by molar-refractivity contribution is 5.80. The van der Waals surface area contributed by atoms with Gasteiger partial charge < -0.3 is 19.7 Å². The third-order valence-electron chi connectivity index (χ3n) is 5.14. The lowest BCUT2D eigenvalue weighted by Crippen LogP contribution is -2.48. The summed E-state index contributed by atoms with van der Waals surface area (Å²) in [5.41, 5.74) is 5.35. The summed E-state index contributed by atoms with van der Waals surface area (Å²) in [6, 6.07) is 6.60. The van der Waals surface area contributed by atoms with E-state index in [0.29, 0.717) is 0 Å². The van der Waals surface area contributed by atoms with Crippen LogP contribution in [0, 0.1) is 13.8 Å². The van der Waals surface area contributed by atoms with Gasteiger partial charge in [0.15, 0.2) is 5.96 Å². The van der Waals surface area contributed by atoms with Crippen molar-refractivity contribution in [1.82, 2.24) is 10.2 Å². The topological polar surface area (TPSA) is 46.1 Å². The van der Waals surface area contributed by atoms with Gasteiger partial charge in [-0.15, -0.1) is 0 Å². The minimum atomic E-state index is 0.0982. The number of aryl methyl sites for hydroxylation is 2. The van der Waals surface area contributed by atoms with Gasteiger partial charge in [0.2, 0.25) is 0 Å². The second-order valence-corrected chi connectivity index (χ2v) is 7.08. The largest absolute Gasteiger partial charge is 0.377 e. The smallest absolute Gasteiger partial charge is 0.193 e. The SMILES string of the molecule is CN=C(NCCC1=CCOCC1)N1CCOC(c2ccc(C)cc2C)C1. The Bertz CT molecular complexity index is 669. The molecule has 1 saturated heterocycles. The Morgan fingerprint density at radius 2 is 2.19 bits per heavy atom. The van der Waals surface area contributed by atoms with Crippen LogP contribution in [0.1, 0.15) is 35.6 Å². The van der Waals surface area contributed by atoms with E-state index in [1.165, 1.54) is 22.3 Å². The molecule has 0 bridgehead atoms. The minimum Gasteiger partial charge on any atom is -0.377 e. The predicted molar refractivity (Wildman–Crippen MR) is 106 cm³/mol. The van der Waals surface area contributed by atoms with E-state index >= 15 is 0 Å². The van der Waals surface area contributed by atoms with Crippen LogP contribution in [0.15, 0.2) is 34.8 Å². The molecule has 1 atom stereocenters. The first-order chi connectivity index (χ1) is 12.7. The van der Waals surface area contributed by atoms with E-state index in [1.807, 2.05) is 7.05 Å². The first-order valence-electron chi connectivity index (χ1n) is 9.57. The van der Waals surface area contributed by atoms with E-state index in [0.717, 1.165) is 58.3 Å². The van der Waals surface area contributed by atoms with E-state index in [1.54, 1.807) is 0 Å². The number of guanidine groups is 1. The van der Waals surface area contributed by atoms with Crippen LogP contribution in [-0.4, -0.2) is 57.4 Å². The van der Waals surface area contributed by atoms with E-state index in [-0.39, 0.29) is 6.10 Å². The van der Waals surface area contributed by atoms with Gasteiger partial charge in [-0.3, -0.25) is 4.99 Å². The van der Waals surface area contributed by atoms with Gasteiger partial charge >= 0.3 is 0 Å². The summed E-state index contributed by atoms with van der Waals surface area (Å²) < 4.78 is 11.4. The molecule has 5 nitrogen and oxygen atoms in total. The van der Waals surface area contributed by atoms with Crippen LogP contribution in [0.4, 0.5) is 0 Å². The van der Waals surface area contributed by atoms with Crippen LogP contribution >= 0.6 is 0 Å². The number of nitrogens with one attached hydrogen (secondary N) is 1. The zero-order chi connectivity index (χ0) is 18.4. The molecular weight excluding hydrogens is 326 g/mol. The van der Waals surface area contributed by atoms with Gasteiger partial charge in [-0.1, -0.05) is 35.4 Å². The minimum absolute atomic E-state index is 0.0982. The molecule has 2 aliphatic rings. The molecule has 1 N–H and O–H groups in total. The molecule has 2 heterocycles. The third kappa shape index (κ3) is 4.86. The maximum Gasteiger partial charge on any atom is 0.193 e. The Morgan fingerprint density at radius 3 is 2.92 bits per heavy atom. The number of morpholine rings is 1. The summed E-state index contributed by atoms with van der Waals surface area (Å²) in [6.45, 7) is 9.24. The molecule has 3 rings (SSSR count). The van der Waals surface area contributed by atoms with E-state index < -0.39 is 0 Å². The molecule has 0 saturated carbocycles. The molecule has 0 aromatic heterocycles. The molecule has 1 aromatic carbocycles. The average Bonchev–Trinajstić information content (AvgIpc) is 2.66. The van der Waals surface area contributed by atoms with Crippen molar-refractivity contribution in [3.05, 3.63) is 46.5 Å². The molecule has 5 heteroatoms. The van der Waals surface area contributed by atoms with E-state index in [4.69, 9.17) is 9.47 Å². The quantitative estimate of drug-likeness (QED) is 0.511. The van der Waals surface area contributed by atoms with Crippen LogP contribution in [0.2, 0.25) is 0 Å². The molecule has 2 aliphatic heterocycles. The number of hydrogen-bond donors (Lipinski definition) is 1. The van der Waals surface area contributed by atoms with Crippen LogP contribution < -0.4 is 5.32 Å². The molecule has 1 fully saturated rings. The van der Waals surface area contributed by atoms with Gasteiger partial charge in [0, 0.05) is 20.1 Å². The van der Waals surface area contributed by atoms with Crippen LogP contribution in [-0.2, 0) is 9.47 Å². The second-order valence-electron chi connectivity index (χ2n) is 7.08. The van der Waals surface area contributed by atoms with Crippen molar-refractivity contribution in [2.24, 2.45) is 4.99 Å². The number of hydrogen-bond acceptors (Lipinski definition) is 3. The number of aliphatic imine (C=N–C) groups is 1. The zero-order valence-electron chi connectivity index (χ0n) is 16.3. The van der Waals surface area contributed by atoms with Crippen LogP contribution in [0.25, 0.3) is 0 Å². The predicted octanol–water partition coefficient (Wildman–Crippen LogP) is 2.99. The Labute approximate surface area is 157 Å². The highest BCUT2D eigenvalue weighted by Crippen LogP contribution is 2.26. The maximum absolute atomic E-state index is 6.06. The normalized spacial score (nSPS) is 21.5. The highest BCUT2D eigenvalue weighted by Gasteiger charge is 2.25. The monoisotopic (exact) mass is 357 g/mol. The molecule has 0 amide bonds. The standard InChI is InChI=1S/C21H31N3O2/c1-16-4-5-19(17(2)14-16)20-15-24(10-13-26-20)21(22-3)23-9-6-18-7-11-25-12-8-18/h4-5,7,14,20H,6,8-13,15H2,1-3H3,(H,22,23). The van der Waals surface area contributed by atoms with Crippen molar-refractivity contribution in [1.29, 1.82) is 0 Å². The van der Waals surface area contributed by atoms with Gasteiger partial charge in [0.1, 0.15) is 6.10 Å². The molecular formula is C21H31N3O2. The summed E-state index contributed by atoms with van der Waals surface area (Å²) in [5.74, 6) is 0.968. The van der Waals surface area contributed by atoms with Gasteiger partial charge in [-0.25, -0.2) is 0 Å². The summed E-state index contributed by atoms with van der Waals surface area (Å²) >= 11 is 0. The van der Waals surface area contributed by atoms with Gasteiger partial charge in [-0.05, 0) is 37.8 Å². The van der Waals surface area contributed by atoms with Crippen molar-refractivity contribution in [3.8, 4) is 0 Å². The Morgan fingerprint density at radius 1 is 1.31 bits per heavy atom. The zero-order valence-corrected chi connectivity index (χ0v) is 16.3. The Hall–Kier alpha value is -1.85. The van der Waals surface area contributed by atoms with Crippen LogP contribution in [0.5, 0.6) is 0 Å². The van der Waals surface area contributed by atoms with E-state index in [2.05, 4.69) is 53.3 Å². The molecule has 0 spiro atoms. The third-order valence-corrected chi connectivity index (χ3v) is 5.14. The van der Waals surface area contributed by atoms with Crippen molar-refractivity contribution < 1.29 is 9.47 Å². The molecule has 1 aromatic rings. The lowest BCUT2D eigenvalue weighted by molar-refractivity contribution is -0.00830. The molecule has 142 valence electrons. The fourth-order valence-corrected chi connectivity index (χ4v) is 3.68. The lowest BCUT2D eigenvalue weighted by atomic mass is 10.00. The first-order valence-corrected chi connectivity index (χ1v) is 9.57. The van der Waals surface area contributed by atoms with Gasteiger partial charge in [0.25, 0.3) is 0 Å². The molecule has 0 radical (unpaired) electrons. The van der Waals surface area contributed by atoms with Gasteiger partial charge in [0.05, 0.1) is 26.4 Å². The summed E-state index contributed by atoms with van der Waals surface area (Å²) in [7, 11) is 1.86. The fourth-order valence-electron chi connectivity index (χ4n) is 3.68. The second kappa shape index (κ2) is 9.19. The molecule has 1 unspecified atom stereocenters. The average molecular weight is 357 g/mol. The van der Waals surface area contributed by atoms with Gasteiger partial charge in [-0.2, -0.15) is 0 Å². The number of nitrogens with zero attached hydrogens (tertiary/aromatic N) is 2. The number of benzene rings is 1. The lowest BCUT2D eigenvalue weighted by Gasteiger charge is -2.36.